The molecule has 7 nitrogen and oxygen atoms in total. The zero-order valence-corrected chi connectivity index (χ0v) is 18.6. The molecule has 0 radical (unpaired) electrons. The molecule has 0 amide bonds. The number of halogens is 1. The van der Waals surface area contributed by atoms with E-state index in [0.717, 1.165) is 76.1 Å². The van der Waals surface area contributed by atoms with Crippen LogP contribution in [0.2, 0.25) is 0 Å². The van der Waals surface area contributed by atoms with E-state index in [1.807, 2.05) is 0 Å². The lowest BCUT2D eigenvalue weighted by Gasteiger charge is -2.12. The summed E-state index contributed by atoms with van der Waals surface area (Å²) in [6.07, 6.45) is 9.00. The molecule has 26 heavy (non-hydrogen) atoms. The van der Waals surface area contributed by atoms with E-state index >= 15 is 0 Å². The Morgan fingerprint density at radius 3 is 2.73 bits per heavy atom. The molecule has 2 heterocycles. The summed E-state index contributed by atoms with van der Waals surface area (Å²) in [5.41, 5.74) is 0. The molecule has 0 saturated carbocycles. The number of aliphatic imine (C=N–C) groups is 1. The molecule has 8 heteroatoms. The molecule has 0 bridgehead atoms. The normalized spacial score (nSPS) is 14.3. The van der Waals surface area contributed by atoms with Crippen molar-refractivity contribution in [1.29, 1.82) is 0 Å². The molecule has 0 spiro atoms. The highest BCUT2D eigenvalue weighted by Crippen LogP contribution is 2.14. The van der Waals surface area contributed by atoms with E-state index in [-0.39, 0.29) is 24.0 Å². The first-order chi connectivity index (χ1) is 12.3. The van der Waals surface area contributed by atoms with Crippen LogP contribution < -0.4 is 10.6 Å². The fraction of sp³-hybridized carbons (Fsp3) is 0.833. The Hall–Kier alpha value is -0.900. The van der Waals surface area contributed by atoms with Crippen molar-refractivity contribution in [3.63, 3.8) is 0 Å². The van der Waals surface area contributed by atoms with Crippen molar-refractivity contribution in [3.8, 4) is 0 Å². The van der Waals surface area contributed by atoms with Gasteiger partial charge in [-0.1, -0.05) is 19.8 Å². The van der Waals surface area contributed by atoms with E-state index in [4.69, 9.17) is 4.74 Å². The predicted molar refractivity (Wildman–Crippen MR) is 116 cm³/mol. The molecule has 1 aliphatic heterocycles. The van der Waals surface area contributed by atoms with Crippen LogP contribution in [0.4, 0.5) is 0 Å². The number of aromatic nitrogens is 3. The van der Waals surface area contributed by atoms with Gasteiger partial charge in [0.1, 0.15) is 11.6 Å². The van der Waals surface area contributed by atoms with Crippen LogP contribution in [-0.2, 0) is 24.1 Å². The molecule has 0 aliphatic carbocycles. The van der Waals surface area contributed by atoms with Crippen molar-refractivity contribution in [2.24, 2.45) is 4.99 Å². The average molecular weight is 478 g/mol. The Morgan fingerprint density at radius 2 is 1.92 bits per heavy atom. The largest absolute Gasteiger partial charge is 0.381 e. The van der Waals surface area contributed by atoms with Crippen molar-refractivity contribution in [3.05, 3.63) is 11.6 Å². The maximum atomic E-state index is 5.56. The predicted octanol–water partition coefficient (Wildman–Crippen LogP) is 2.54. The zero-order chi connectivity index (χ0) is 17.7. The summed E-state index contributed by atoms with van der Waals surface area (Å²) in [5.74, 6) is 3.08. The number of rotatable bonds is 10. The molecule has 1 aliphatic rings. The molecule has 1 aromatic heterocycles. The summed E-state index contributed by atoms with van der Waals surface area (Å²) < 4.78 is 7.87. The van der Waals surface area contributed by atoms with Crippen LogP contribution in [0, 0.1) is 0 Å². The topological polar surface area (TPSA) is 76.4 Å². The van der Waals surface area contributed by atoms with Crippen LogP contribution in [0.5, 0.6) is 0 Å². The number of ether oxygens (including phenoxy) is 1. The minimum Gasteiger partial charge on any atom is -0.381 e. The van der Waals surface area contributed by atoms with Gasteiger partial charge in [0.2, 0.25) is 0 Å². The molecule has 2 N–H and O–H groups in total. The second kappa shape index (κ2) is 14.2. The van der Waals surface area contributed by atoms with Crippen LogP contribution in [-0.4, -0.2) is 54.1 Å². The standard InChI is InChI=1S/C18H34N6O.HI/c1-3-4-14-25-15-8-11-20-18(19-2)21-12-10-17-23-22-16-9-6-5-7-13-24(16)17;/h3-15H2,1-2H3,(H2,19,20,21);1H. The maximum Gasteiger partial charge on any atom is 0.190 e. The van der Waals surface area contributed by atoms with Crippen LogP contribution in [0.25, 0.3) is 0 Å². The second-order valence-electron chi connectivity index (χ2n) is 6.49. The van der Waals surface area contributed by atoms with Crippen molar-refractivity contribution < 1.29 is 4.74 Å². The number of nitrogens with one attached hydrogen (secondary N) is 2. The van der Waals surface area contributed by atoms with Crippen LogP contribution in [0.1, 0.15) is 57.1 Å². The fourth-order valence-electron chi connectivity index (χ4n) is 2.97. The second-order valence-corrected chi connectivity index (χ2v) is 6.49. The third-order valence-corrected chi connectivity index (χ3v) is 4.45. The molecule has 0 saturated heterocycles. The monoisotopic (exact) mass is 478 g/mol. The number of unbranched alkanes of at least 4 members (excludes halogenated alkanes) is 1. The van der Waals surface area contributed by atoms with E-state index in [2.05, 4.69) is 37.3 Å². The molecule has 1 aromatic rings. The quantitative estimate of drug-likeness (QED) is 0.234. The lowest BCUT2D eigenvalue weighted by atomic mass is 10.2. The third kappa shape index (κ3) is 8.20. The number of aryl methyl sites for hydroxylation is 1. The molecule has 0 unspecified atom stereocenters. The molecular weight excluding hydrogens is 443 g/mol. The SMILES string of the molecule is CCCCOCCCNC(=NC)NCCc1nnc2n1CCCCC2.I. The first kappa shape index (κ1) is 23.1. The molecule has 2 rings (SSSR count). The van der Waals surface area contributed by atoms with Crippen LogP contribution in [0.3, 0.4) is 0 Å². The lowest BCUT2D eigenvalue weighted by Crippen LogP contribution is -2.39. The highest BCUT2D eigenvalue weighted by Gasteiger charge is 2.14. The summed E-state index contributed by atoms with van der Waals surface area (Å²) in [4.78, 5) is 4.27. The van der Waals surface area contributed by atoms with Crippen LogP contribution in [0.15, 0.2) is 4.99 Å². The number of nitrogens with zero attached hydrogens (tertiary/aromatic N) is 4. The van der Waals surface area contributed by atoms with Gasteiger partial charge in [-0.25, -0.2) is 0 Å². The Labute approximate surface area is 174 Å². The highest BCUT2D eigenvalue weighted by atomic mass is 127. The van der Waals surface area contributed by atoms with Gasteiger partial charge in [0.25, 0.3) is 0 Å². The third-order valence-electron chi connectivity index (χ3n) is 4.45. The van der Waals surface area contributed by atoms with Crippen molar-refractivity contribution in [1.82, 2.24) is 25.4 Å². The van der Waals surface area contributed by atoms with Gasteiger partial charge in [0.15, 0.2) is 5.96 Å². The summed E-state index contributed by atoms with van der Waals surface area (Å²) in [6, 6.07) is 0. The van der Waals surface area contributed by atoms with E-state index in [9.17, 15) is 0 Å². The Bertz CT molecular complexity index is 520. The van der Waals surface area contributed by atoms with Gasteiger partial charge in [-0.2, -0.15) is 0 Å². The van der Waals surface area contributed by atoms with Gasteiger partial charge in [0.05, 0.1) is 0 Å². The van der Waals surface area contributed by atoms with E-state index in [1.165, 1.54) is 25.7 Å². The van der Waals surface area contributed by atoms with Gasteiger partial charge in [-0.05, 0) is 25.7 Å². The maximum absolute atomic E-state index is 5.56. The molecule has 150 valence electrons. The van der Waals surface area contributed by atoms with Crippen molar-refractivity contribution in [2.45, 2.75) is 64.8 Å². The van der Waals surface area contributed by atoms with Gasteiger partial charge in [0, 0.05) is 52.7 Å². The number of guanidine groups is 1. The number of hydrogen-bond donors (Lipinski definition) is 2. The summed E-state index contributed by atoms with van der Waals surface area (Å²) in [5, 5.41) is 15.4. The Morgan fingerprint density at radius 1 is 1.12 bits per heavy atom. The van der Waals surface area contributed by atoms with Gasteiger partial charge in [-0.15, -0.1) is 34.2 Å². The molecule has 0 fully saturated rings. The molecule has 0 aromatic carbocycles. The van der Waals surface area contributed by atoms with Gasteiger partial charge in [-0.3, -0.25) is 4.99 Å². The first-order valence-electron chi connectivity index (χ1n) is 9.78. The fourth-order valence-corrected chi connectivity index (χ4v) is 2.97. The Balaban J connectivity index is 0.00000338. The van der Waals surface area contributed by atoms with Gasteiger partial charge < -0.3 is 19.9 Å². The Kier molecular flexibility index (Phi) is 12.6. The first-order valence-corrected chi connectivity index (χ1v) is 9.78. The molecule has 0 atom stereocenters. The minimum atomic E-state index is 0. The van der Waals surface area contributed by atoms with E-state index < -0.39 is 0 Å². The van der Waals surface area contributed by atoms with Crippen LogP contribution >= 0.6 is 24.0 Å². The zero-order valence-electron chi connectivity index (χ0n) is 16.3. The van der Waals surface area contributed by atoms with E-state index in [1.54, 1.807) is 7.05 Å². The highest BCUT2D eigenvalue weighted by molar-refractivity contribution is 14.0. The average Bonchev–Trinajstić information content (AvgIpc) is 2.86. The lowest BCUT2D eigenvalue weighted by molar-refractivity contribution is 0.129. The number of fused-ring (bicyclic) bond motifs is 1. The summed E-state index contributed by atoms with van der Waals surface area (Å²) in [7, 11) is 1.80. The smallest absolute Gasteiger partial charge is 0.190 e. The summed E-state index contributed by atoms with van der Waals surface area (Å²) in [6.45, 7) is 6.58. The minimum absolute atomic E-state index is 0. The van der Waals surface area contributed by atoms with E-state index in [0.29, 0.717) is 0 Å². The van der Waals surface area contributed by atoms with Crippen molar-refractivity contribution in [2.75, 3.05) is 33.4 Å². The molecular formula is C18H35IN6O. The summed E-state index contributed by atoms with van der Waals surface area (Å²) >= 11 is 0. The van der Waals surface area contributed by atoms with Gasteiger partial charge >= 0.3 is 0 Å². The number of hydrogen-bond acceptors (Lipinski definition) is 4. The van der Waals surface area contributed by atoms with Crippen molar-refractivity contribution >= 4 is 29.9 Å².